The number of phenolic OH excluding ortho intramolecular Hbond substituents is 1. The SMILES string of the molecule is O=C(CSc1ccc(Cl)cc1)N/N=C/c1cc(Cl)cc(Cl)c1O. The van der Waals surface area contributed by atoms with Gasteiger partial charge >= 0.3 is 0 Å². The third-order valence-electron chi connectivity index (χ3n) is 2.63. The third kappa shape index (κ3) is 5.62. The molecule has 0 radical (unpaired) electrons. The van der Waals surface area contributed by atoms with Gasteiger partial charge in [-0.15, -0.1) is 11.8 Å². The highest BCUT2D eigenvalue weighted by atomic mass is 35.5. The van der Waals surface area contributed by atoms with E-state index in [4.69, 9.17) is 34.8 Å². The van der Waals surface area contributed by atoms with Crippen LogP contribution in [-0.4, -0.2) is 23.0 Å². The van der Waals surface area contributed by atoms with Crippen LogP contribution in [0.1, 0.15) is 5.56 Å². The van der Waals surface area contributed by atoms with Crippen LogP contribution in [-0.2, 0) is 4.79 Å². The topological polar surface area (TPSA) is 61.7 Å². The van der Waals surface area contributed by atoms with Gasteiger partial charge in [0.15, 0.2) is 0 Å². The van der Waals surface area contributed by atoms with E-state index in [2.05, 4.69) is 10.5 Å². The fourth-order valence-corrected chi connectivity index (χ4v) is 2.90. The molecule has 23 heavy (non-hydrogen) atoms. The summed E-state index contributed by atoms with van der Waals surface area (Å²) in [4.78, 5) is 12.6. The number of nitrogens with zero attached hydrogens (tertiary/aromatic N) is 1. The Bertz CT molecular complexity index is 736. The number of benzene rings is 2. The van der Waals surface area contributed by atoms with E-state index in [1.54, 1.807) is 12.1 Å². The van der Waals surface area contributed by atoms with Crippen LogP contribution in [0.25, 0.3) is 0 Å². The molecule has 1 amide bonds. The molecule has 0 heterocycles. The number of carbonyl (C=O) groups is 1. The normalized spacial score (nSPS) is 10.9. The molecule has 0 bridgehead atoms. The molecule has 0 fully saturated rings. The Morgan fingerprint density at radius 1 is 1.17 bits per heavy atom. The van der Waals surface area contributed by atoms with E-state index in [1.165, 1.54) is 30.1 Å². The molecule has 120 valence electrons. The number of hydrogen-bond donors (Lipinski definition) is 2. The van der Waals surface area contributed by atoms with E-state index in [1.807, 2.05) is 12.1 Å². The zero-order valence-electron chi connectivity index (χ0n) is 11.6. The van der Waals surface area contributed by atoms with Gasteiger partial charge in [0, 0.05) is 20.5 Å². The molecule has 0 unspecified atom stereocenters. The standard InChI is InChI=1S/C15H11Cl3N2O2S/c16-10-1-3-12(4-2-10)23-8-14(21)20-19-7-9-5-11(17)6-13(18)15(9)22/h1-7,22H,8H2,(H,20,21)/b19-7+. The molecular weight excluding hydrogens is 379 g/mol. The molecule has 2 aromatic carbocycles. The van der Waals surface area contributed by atoms with Gasteiger partial charge in [-0.3, -0.25) is 4.79 Å². The van der Waals surface area contributed by atoms with Gasteiger partial charge in [0.25, 0.3) is 0 Å². The maximum atomic E-state index is 11.7. The Labute approximate surface area is 152 Å². The van der Waals surface area contributed by atoms with E-state index < -0.39 is 0 Å². The van der Waals surface area contributed by atoms with Crippen molar-refractivity contribution in [1.29, 1.82) is 0 Å². The number of aromatic hydroxyl groups is 1. The summed E-state index contributed by atoms with van der Waals surface area (Å²) in [7, 11) is 0. The monoisotopic (exact) mass is 388 g/mol. The number of thioether (sulfide) groups is 1. The number of hydrogen-bond acceptors (Lipinski definition) is 4. The summed E-state index contributed by atoms with van der Waals surface area (Å²) in [6, 6.07) is 10.1. The van der Waals surface area contributed by atoms with Crippen LogP contribution in [0.2, 0.25) is 15.1 Å². The van der Waals surface area contributed by atoms with Gasteiger partial charge in [0.2, 0.25) is 5.91 Å². The maximum Gasteiger partial charge on any atom is 0.250 e. The van der Waals surface area contributed by atoms with Crippen molar-refractivity contribution in [2.24, 2.45) is 5.10 Å². The number of hydrazone groups is 1. The van der Waals surface area contributed by atoms with Crippen molar-refractivity contribution >= 4 is 58.7 Å². The Kier molecular flexibility index (Phi) is 6.59. The van der Waals surface area contributed by atoms with Crippen LogP contribution >= 0.6 is 46.6 Å². The molecule has 0 spiro atoms. The van der Waals surface area contributed by atoms with Gasteiger partial charge in [0.1, 0.15) is 5.75 Å². The lowest BCUT2D eigenvalue weighted by atomic mass is 10.2. The molecule has 4 nitrogen and oxygen atoms in total. The van der Waals surface area contributed by atoms with Crippen molar-refractivity contribution in [3.05, 3.63) is 57.0 Å². The molecule has 0 aromatic heterocycles. The van der Waals surface area contributed by atoms with Crippen molar-refractivity contribution in [3.8, 4) is 5.75 Å². The van der Waals surface area contributed by atoms with Crippen molar-refractivity contribution < 1.29 is 9.90 Å². The summed E-state index contributed by atoms with van der Waals surface area (Å²) in [5, 5.41) is 14.6. The van der Waals surface area contributed by atoms with Gasteiger partial charge in [0.05, 0.1) is 17.0 Å². The fourth-order valence-electron chi connectivity index (χ4n) is 1.57. The number of phenols is 1. The smallest absolute Gasteiger partial charge is 0.250 e. The summed E-state index contributed by atoms with van der Waals surface area (Å²) < 4.78 is 0. The first kappa shape index (κ1) is 17.9. The van der Waals surface area contributed by atoms with Gasteiger partial charge in [-0.05, 0) is 36.4 Å². The summed E-state index contributed by atoms with van der Waals surface area (Å²) in [5.41, 5.74) is 2.68. The second-order valence-corrected chi connectivity index (χ2v) is 6.69. The molecule has 2 N–H and O–H groups in total. The van der Waals surface area contributed by atoms with Crippen LogP contribution < -0.4 is 5.43 Å². The number of amides is 1. The van der Waals surface area contributed by atoms with Crippen molar-refractivity contribution in [2.45, 2.75) is 4.90 Å². The van der Waals surface area contributed by atoms with Gasteiger partial charge in [-0.25, -0.2) is 5.43 Å². The van der Waals surface area contributed by atoms with Crippen molar-refractivity contribution in [3.63, 3.8) is 0 Å². The first-order valence-corrected chi connectivity index (χ1v) is 8.46. The van der Waals surface area contributed by atoms with Crippen LogP contribution in [0.4, 0.5) is 0 Å². The molecule has 2 rings (SSSR count). The van der Waals surface area contributed by atoms with Gasteiger partial charge < -0.3 is 5.11 Å². The highest BCUT2D eigenvalue weighted by Gasteiger charge is 2.06. The molecule has 0 aliphatic carbocycles. The minimum Gasteiger partial charge on any atom is -0.506 e. The summed E-state index contributed by atoms with van der Waals surface area (Å²) in [6.45, 7) is 0. The second-order valence-electron chi connectivity index (χ2n) is 4.36. The first-order chi connectivity index (χ1) is 11.0. The van der Waals surface area contributed by atoms with Crippen molar-refractivity contribution in [2.75, 3.05) is 5.75 Å². The summed E-state index contributed by atoms with van der Waals surface area (Å²) in [6.07, 6.45) is 1.28. The predicted octanol–water partition coefficient (Wildman–Crippen LogP) is 4.59. The van der Waals surface area contributed by atoms with Crippen molar-refractivity contribution in [1.82, 2.24) is 5.43 Å². The lowest BCUT2D eigenvalue weighted by Gasteiger charge is -2.03. The number of halogens is 3. The summed E-state index contributed by atoms with van der Waals surface area (Å²) >= 11 is 18.8. The minimum atomic E-state index is -0.284. The average molecular weight is 390 g/mol. The lowest BCUT2D eigenvalue weighted by Crippen LogP contribution is -2.19. The van der Waals surface area contributed by atoms with E-state index in [-0.39, 0.29) is 22.4 Å². The van der Waals surface area contributed by atoms with E-state index >= 15 is 0 Å². The molecule has 0 saturated carbocycles. The number of nitrogens with one attached hydrogen (secondary N) is 1. The molecule has 0 aliphatic heterocycles. The minimum absolute atomic E-state index is 0.114. The van der Waals surface area contributed by atoms with Gasteiger partial charge in [-0.2, -0.15) is 5.10 Å². The largest absolute Gasteiger partial charge is 0.506 e. The maximum absolute atomic E-state index is 11.7. The third-order valence-corrected chi connectivity index (χ3v) is 4.40. The summed E-state index contributed by atoms with van der Waals surface area (Å²) in [5.74, 6) is -0.236. The highest BCUT2D eigenvalue weighted by molar-refractivity contribution is 8.00. The van der Waals surface area contributed by atoms with Crippen LogP contribution in [0.15, 0.2) is 46.4 Å². The molecular formula is C15H11Cl3N2O2S. The Morgan fingerprint density at radius 3 is 2.57 bits per heavy atom. The molecule has 0 saturated heterocycles. The zero-order chi connectivity index (χ0) is 16.8. The van der Waals surface area contributed by atoms with E-state index in [0.717, 1.165) is 4.90 Å². The average Bonchev–Trinajstić information content (AvgIpc) is 2.51. The molecule has 8 heteroatoms. The number of rotatable bonds is 5. The van der Waals surface area contributed by atoms with Crippen LogP contribution in [0, 0.1) is 0 Å². The zero-order valence-corrected chi connectivity index (χ0v) is 14.7. The number of carbonyl (C=O) groups excluding carboxylic acids is 1. The molecule has 2 aromatic rings. The Balaban J connectivity index is 1.88. The fraction of sp³-hybridized carbons (Fsp3) is 0.0667. The van der Waals surface area contributed by atoms with Crippen LogP contribution in [0.3, 0.4) is 0 Å². The molecule has 0 aliphatic rings. The van der Waals surface area contributed by atoms with E-state index in [0.29, 0.717) is 15.6 Å². The molecule has 0 atom stereocenters. The van der Waals surface area contributed by atoms with Crippen LogP contribution in [0.5, 0.6) is 5.75 Å². The quantitative estimate of drug-likeness (QED) is 0.446. The Hall–Kier alpha value is -1.40. The Morgan fingerprint density at radius 2 is 1.87 bits per heavy atom. The first-order valence-electron chi connectivity index (χ1n) is 6.34. The van der Waals surface area contributed by atoms with Gasteiger partial charge in [-0.1, -0.05) is 34.8 Å². The second kappa shape index (κ2) is 8.45. The highest BCUT2D eigenvalue weighted by Crippen LogP contribution is 2.29. The predicted molar refractivity (Wildman–Crippen MR) is 96.0 cm³/mol. The van der Waals surface area contributed by atoms with E-state index in [9.17, 15) is 9.90 Å². The lowest BCUT2D eigenvalue weighted by molar-refractivity contribution is -0.118.